The van der Waals surface area contributed by atoms with Crippen molar-refractivity contribution in [2.75, 3.05) is 13.2 Å². The summed E-state index contributed by atoms with van der Waals surface area (Å²) < 4.78 is 26.3. The topological polar surface area (TPSA) is 160 Å². The number of allylic oxidation sites excluding steroid dienone is 10. The van der Waals surface area contributed by atoms with E-state index in [1.807, 2.05) is 30.4 Å². The first kappa shape index (κ1) is 53.4. The molecule has 0 aliphatic rings. The van der Waals surface area contributed by atoms with Crippen LogP contribution >= 0.6 is 7.82 Å². The average molecular weight is 809 g/mol. The summed E-state index contributed by atoms with van der Waals surface area (Å²) >= 11 is 0. The van der Waals surface area contributed by atoms with Gasteiger partial charge in [0, 0.05) is 12.8 Å². The molecule has 0 saturated carbocycles. The molecular formula is C45H77O10P. The molecule has 0 saturated heterocycles. The van der Waals surface area contributed by atoms with Gasteiger partial charge in [-0.05, 0) is 64.2 Å². The van der Waals surface area contributed by atoms with Crippen LogP contribution in [0.25, 0.3) is 0 Å². The lowest BCUT2D eigenvalue weighted by molar-refractivity contribution is -0.161. The molecule has 11 heteroatoms. The van der Waals surface area contributed by atoms with Gasteiger partial charge in [0.1, 0.15) is 6.61 Å². The molecule has 322 valence electrons. The van der Waals surface area contributed by atoms with E-state index in [9.17, 15) is 24.4 Å². The standard InChI is InChI=1S/C45H77O10P/c1-3-5-7-8-9-10-11-12-13-14-15-16-17-18-19-20-24-27-31-37-45(49)55-43(40-54-56(50,51)52)39-53-44(48)38-32-36-42(47)35-30-26-23-21-22-25-29-34-41(46)33-28-6-4-2/h9-10,12-13,22-23,25-26,29-30,34-35,41-43,46-47H,3-8,11,14-21,24,27-28,31-33,36-40H2,1-2H3,(H2,50,51,52)/b10-9-,13-12-,25-22-,26-23-,34-29+,35-30+/t41-,42-,43+/m0/s1. The highest BCUT2D eigenvalue weighted by molar-refractivity contribution is 7.46. The van der Waals surface area contributed by atoms with Crippen LogP contribution in [0.1, 0.15) is 168 Å². The summed E-state index contributed by atoms with van der Waals surface area (Å²) in [5.41, 5.74) is 0. The molecule has 3 atom stereocenters. The Kier molecular flexibility index (Phi) is 37.4. The monoisotopic (exact) mass is 809 g/mol. The summed E-state index contributed by atoms with van der Waals surface area (Å²) in [5, 5.41) is 20.1. The molecule has 56 heavy (non-hydrogen) atoms. The van der Waals surface area contributed by atoms with Gasteiger partial charge in [-0.3, -0.25) is 14.1 Å². The van der Waals surface area contributed by atoms with Crippen molar-refractivity contribution >= 4 is 19.8 Å². The van der Waals surface area contributed by atoms with Crippen LogP contribution in [-0.4, -0.2) is 63.5 Å². The second-order valence-electron chi connectivity index (χ2n) is 14.4. The molecule has 0 aromatic carbocycles. The van der Waals surface area contributed by atoms with Crippen molar-refractivity contribution in [2.45, 2.75) is 186 Å². The average Bonchev–Trinajstić information content (AvgIpc) is 3.15. The molecule has 0 aromatic rings. The highest BCUT2D eigenvalue weighted by Gasteiger charge is 2.23. The fourth-order valence-corrected chi connectivity index (χ4v) is 5.98. The van der Waals surface area contributed by atoms with Gasteiger partial charge in [-0.25, -0.2) is 4.57 Å². The van der Waals surface area contributed by atoms with E-state index in [1.54, 1.807) is 18.2 Å². The summed E-state index contributed by atoms with van der Waals surface area (Å²) in [6.45, 7) is 3.36. The maximum absolute atomic E-state index is 12.4. The third kappa shape index (κ3) is 41.1. The number of ether oxygens (including phenoxy) is 2. The zero-order valence-electron chi connectivity index (χ0n) is 34.7. The molecule has 0 radical (unpaired) electrons. The van der Waals surface area contributed by atoms with Crippen molar-refractivity contribution in [3.63, 3.8) is 0 Å². The van der Waals surface area contributed by atoms with Gasteiger partial charge in [0.2, 0.25) is 0 Å². The summed E-state index contributed by atoms with van der Waals surface area (Å²) in [7, 11) is -4.82. The number of aliphatic hydroxyl groups excluding tert-OH is 2. The van der Waals surface area contributed by atoms with Crippen molar-refractivity contribution in [3.05, 3.63) is 72.9 Å². The zero-order valence-corrected chi connectivity index (χ0v) is 35.6. The van der Waals surface area contributed by atoms with Crippen LogP contribution in [0.5, 0.6) is 0 Å². The molecule has 0 bridgehead atoms. The van der Waals surface area contributed by atoms with Crippen LogP contribution in [0.2, 0.25) is 0 Å². The largest absolute Gasteiger partial charge is 0.469 e. The van der Waals surface area contributed by atoms with Crippen molar-refractivity contribution in [3.8, 4) is 0 Å². The van der Waals surface area contributed by atoms with Gasteiger partial charge in [0.15, 0.2) is 6.10 Å². The molecule has 0 rings (SSSR count). The van der Waals surface area contributed by atoms with Crippen LogP contribution < -0.4 is 0 Å². The molecule has 4 N–H and O–H groups in total. The maximum Gasteiger partial charge on any atom is 0.469 e. The Morgan fingerprint density at radius 2 is 1.04 bits per heavy atom. The zero-order chi connectivity index (χ0) is 41.4. The predicted octanol–water partition coefficient (Wildman–Crippen LogP) is 11.0. The van der Waals surface area contributed by atoms with Crippen molar-refractivity contribution in [2.24, 2.45) is 0 Å². The van der Waals surface area contributed by atoms with E-state index >= 15 is 0 Å². The number of phosphoric acid groups is 1. The molecule has 0 amide bonds. The number of carbonyl (C=O) groups excluding carboxylic acids is 2. The van der Waals surface area contributed by atoms with E-state index in [2.05, 4.69) is 42.7 Å². The van der Waals surface area contributed by atoms with Crippen molar-refractivity contribution in [1.82, 2.24) is 0 Å². The minimum absolute atomic E-state index is 0.0150. The van der Waals surface area contributed by atoms with E-state index < -0.39 is 51.3 Å². The molecule has 0 aromatic heterocycles. The summed E-state index contributed by atoms with van der Waals surface area (Å²) in [6, 6.07) is 0. The summed E-state index contributed by atoms with van der Waals surface area (Å²) in [6.07, 6.45) is 44.0. The van der Waals surface area contributed by atoms with E-state index in [0.717, 1.165) is 57.8 Å². The van der Waals surface area contributed by atoms with Crippen LogP contribution in [0, 0.1) is 0 Å². The predicted molar refractivity (Wildman–Crippen MR) is 228 cm³/mol. The Morgan fingerprint density at radius 1 is 0.554 bits per heavy atom. The first-order valence-corrected chi connectivity index (χ1v) is 23.0. The second kappa shape index (κ2) is 39.2. The van der Waals surface area contributed by atoms with E-state index in [1.165, 1.54) is 57.8 Å². The van der Waals surface area contributed by atoms with Gasteiger partial charge in [-0.1, -0.05) is 164 Å². The molecule has 0 aliphatic heterocycles. The van der Waals surface area contributed by atoms with Crippen LogP contribution in [0.15, 0.2) is 72.9 Å². The number of rotatable bonds is 38. The molecule has 0 spiro atoms. The summed E-state index contributed by atoms with van der Waals surface area (Å²) in [5.74, 6) is -1.12. The van der Waals surface area contributed by atoms with Crippen LogP contribution in [0.3, 0.4) is 0 Å². The van der Waals surface area contributed by atoms with E-state index in [-0.39, 0.29) is 12.8 Å². The molecule has 0 unspecified atom stereocenters. The number of unbranched alkanes of at least 4 members (excludes halogenated alkanes) is 14. The number of carbonyl (C=O) groups is 2. The number of esters is 2. The Bertz CT molecular complexity index is 1170. The lowest BCUT2D eigenvalue weighted by Crippen LogP contribution is -2.29. The first-order valence-electron chi connectivity index (χ1n) is 21.4. The van der Waals surface area contributed by atoms with Gasteiger partial charge in [-0.15, -0.1) is 0 Å². The Hall–Kier alpha value is -2.59. The fraction of sp³-hybridized carbons (Fsp3) is 0.689. The maximum atomic E-state index is 12.4. The lowest BCUT2D eigenvalue weighted by Gasteiger charge is -2.18. The van der Waals surface area contributed by atoms with Crippen LogP contribution in [-0.2, 0) is 28.2 Å². The van der Waals surface area contributed by atoms with Gasteiger partial charge in [0.25, 0.3) is 0 Å². The van der Waals surface area contributed by atoms with Crippen molar-refractivity contribution < 1.29 is 48.2 Å². The number of phosphoric ester groups is 1. The Balaban J connectivity index is 4.15. The Labute approximate surface area is 339 Å². The minimum Gasteiger partial charge on any atom is -0.462 e. The highest BCUT2D eigenvalue weighted by atomic mass is 31.2. The molecular weight excluding hydrogens is 731 g/mol. The third-order valence-corrected chi connectivity index (χ3v) is 9.39. The number of aliphatic hydroxyl groups is 2. The number of hydrogen-bond acceptors (Lipinski definition) is 8. The molecule has 10 nitrogen and oxygen atoms in total. The quantitative estimate of drug-likeness (QED) is 0.0155. The summed E-state index contributed by atoms with van der Waals surface area (Å²) in [4.78, 5) is 42.9. The normalized spacial score (nSPS) is 14.3. The lowest BCUT2D eigenvalue weighted by atomic mass is 10.1. The van der Waals surface area contributed by atoms with Gasteiger partial charge in [0.05, 0.1) is 18.8 Å². The minimum atomic E-state index is -4.82. The number of hydrogen-bond donors (Lipinski definition) is 4. The van der Waals surface area contributed by atoms with E-state index in [4.69, 9.17) is 19.3 Å². The molecule has 0 fully saturated rings. The van der Waals surface area contributed by atoms with Crippen molar-refractivity contribution in [1.29, 1.82) is 0 Å². The molecule has 0 heterocycles. The van der Waals surface area contributed by atoms with Gasteiger partial charge in [-0.2, -0.15) is 0 Å². The highest BCUT2D eigenvalue weighted by Crippen LogP contribution is 2.36. The molecule has 0 aliphatic carbocycles. The Morgan fingerprint density at radius 3 is 1.61 bits per heavy atom. The second-order valence-corrected chi connectivity index (χ2v) is 15.6. The van der Waals surface area contributed by atoms with Gasteiger partial charge >= 0.3 is 19.8 Å². The third-order valence-electron chi connectivity index (χ3n) is 8.91. The van der Waals surface area contributed by atoms with Crippen LogP contribution in [0.4, 0.5) is 0 Å². The van der Waals surface area contributed by atoms with Gasteiger partial charge < -0.3 is 29.5 Å². The fourth-order valence-electron chi connectivity index (χ4n) is 5.62. The smallest absolute Gasteiger partial charge is 0.462 e. The first-order chi connectivity index (χ1) is 27.1. The van der Waals surface area contributed by atoms with E-state index in [0.29, 0.717) is 25.7 Å². The SMILES string of the molecule is CCCCC/C=C\C/C=C\CCCCCCCCCCCC(=O)O[C@H](COC(=O)CCC[C@@H](O)/C=C/C=C\C/C=C\C=C\[C@@H](O)CCCCC)COP(=O)(O)O.